The maximum Gasteiger partial charge on any atom is 0.330 e. The number of nitro groups is 1. The van der Waals surface area contributed by atoms with E-state index < -0.39 is 10.9 Å². The third-order valence-corrected chi connectivity index (χ3v) is 2.31. The summed E-state index contributed by atoms with van der Waals surface area (Å²) in [7, 11) is 0. The van der Waals surface area contributed by atoms with E-state index in [9.17, 15) is 14.9 Å². The monoisotopic (exact) mass is 247 g/mol. The summed E-state index contributed by atoms with van der Waals surface area (Å²) in [6, 6.07) is 6.23. The van der Waals surface area contributed by atoms with E-state index in [-0.39, 0.29) is 11.3 Å². The largest absolute Gasteiger partial charge is 0.478 e. The Hall–Kier alpha value is -2.43. The molecule has 0 spiro atoms. The maximum absolute atomic E-state index is 10.6. The molecule has 0 unspecified atom stereocenters. The van der Waals surface area contributed by atoms with Gasteiger partial charge in [-0.2, -0.15) is 0 Å². The Kier molecular flexibility index (Phi) is 4.80. The summed E-state index contributed by atoms with van der Waals surface area (Å²) in [4.78, 5) is 20.6. The van der Waals surface area contributed by atoms with Crippen molar-refractivity contribution in [3.63, 3.8) is 0 Å². The topological polar surface area (TPSA) is 80.4 Å². The molecule has 0 aromatic heterocycles. The van der Waals surface area contributed by atoms with Crippen molar-refractivity contribution in [3.8, 4) is 0 Å². The van der Waals surface area contributed by atoms with Crippen LogP contribution in [0.3, 0.4) is 0 Å². The highest BCUT2D eigenvalue weighted by Gasteiger charge is 2.04. The molecule has 1 N–H and O–H groups in total. The van der Waals surface area contributed by atoms with Crippen LogP contribution < -0.4 is 0 Å². The van der Waals surface area contributed by atoms with Crippen LogP contribution in [0.5, 0.6) is 0 Å². The van der Waals surface area contributed by atoms with Crippen LogP contribution >= 0.6 is 0 Å². The first-order valence-corrected chi connectivity index (χ1v) is 5.33. The van der Waals surface area contributed by atoms with Gasteiger partial charge in [0.25, 0.3) is 5.69 Å². The van der Waals surface area contributed by atoms with E-state index in [1.807, 2.05) is 0 Å². The van der Waals surface area contributed by atoms with Gasteiger partial charge in [0.1, 0.15) is 0 Å². The maximum atomic E-state index is 10.6. The summed E-state index contributed by atoms with van der Waals surface area (Å²) in [6.07, 6.45) is 4.39. The second kappa shape index (κ2) is 6.34. The van der Waals surface area contributed by atoms with Crippen molar-refractivity contribution in [1.82, 2.24) is 0 Å². The van der Waals surface area contributed by atoms with E-state index in [1.165, 1.54) is 12.1 Å². The zero-order valence-corrected chi connectivity index (χ0v) is 9.70. The van der Waals surface area contributed by atoms with Crippen molar-refractivity contribution < 1.29 is 14.8 Å². The van der Waals surface area contributed by atoms with Gasteiger partial charge in [0.15, 0.2) is 0 Å². The molecule has 5 heteroatoms. The molecule has 0 bridgehead atoms. The van der Waals surface area contributed by atoms with Gasteiger partial charge < -0.3 is 5.11 Å². The van der Waals surface area contributed by atoms with E-state index in [2.05, 4.69) is 6.58 Å². The van der Waals surface area contributed by atoms with Gasteiger partial charge in [-0.1, -0.05) is 30.9 Å². The highest BCUT2D eigenvalue weighted by Crippen LogP contribution is 2.14. The lowest BCUT2D eigenvalue weighted by Gasteiger charge is -1.96. The minimum atomic E-state index is -1.00. The standard InChI is InChI=1S/C13H13NO4/c1-10(13(15)16)5-2-3-6-11-7-4-8-12(9-11)14(17)18/h3-4,6-9H,1-2,5H2,(H,15,16). The first-order valence-electron chi connectivity index (χ1n) is 5.33. The van der Waals surface area contributed by atoms with Crippen LogP contribution in [-0.4, -0.2) is 16.0 Å². The van der Waals surface area contributed by atoms with Gasteiger partial charge in [0.2, 0.25) is 0 Å². The third kappa shape index (κ3) is 4.21. The number of rotatable bonds is 6. The Bertz CT molecular complexity index is 505. The van der Waals surface area contributed by atoms with Crippen molar-refractivity contribution in [2.45, 2.75) is 12.8 Å². The molecule has 0 aliphatic rings. The van der Waals surface area contributed by atoms with Gasteiger partial charge in [-0.15, -0.1) is 0 Å². The zero-order valence-electron chi connectivity index (χ0n) is 9.70. The number of nitrogens with zero attached hydrogens (tertiary/aromatic N) is 1. The van der Waals surface area contributed by atoms with Gasteiger partial charge in [-0.3, -0.25) is 10.1 Å². The predicted molar refractivity (Wildman–Crippen MR) is 68.1 cm³/mol. The molecule has 5 nitrogen and oxygen atoms in total. The number of allylic oxidation sites excluding steroid dienone is 1. The van der Waals surface area contributed by atoms with Gasteiger partial charge in [0, 0.05) is 17.7 Å². The van der Waals surface area contributed by atoms with Crippen molar-refractivity contribution in [1.29, 1.82) is 0 Å². The number of nitro benzene ring substituents is 1. The Morgan fingerprint density at radius 1 is 1.50 bits per heavy atom. The molecule has 0 radical (unpaired) electrons. The first kappa shape index (κ1) is 13.6. The number of hydrogen-bond donors (Lipinski definition) is 1. The van der Waals surface area contributed by atoms with Gasteiger partial charge in [-0.05, 0) is 18.4 Å². The number of non-ortho nitro benzene ring substituents is 1. The number of carboxylic acid groups (broad SMARTS) is 1. The molecule has 1 rings (SSSR count). The molecular weight excluding hydrogens is 234 g/mol. The van der Waals surface area contributed by atoms with Crippen LogP contribution in [0, 0.1) is 10.1 Å². The molecule has 0 atom stereocenters. The van der Waals surface area contributed by atoms with Crippen LogP contribution in [-0.2, 0) is 4.79 Å². The van der Waals surface area contributed by atoms with Crippen molar-refractivity contribution in [2.75, 3.05) is 0 Å². The molecule has 94 valence electrons. The third-order valence-electron chi connectivity index (χ3n) is 2.31. The number of carbonyl (C=O) groups is 1. The summed E-state index contributed by atoms with van der Waals surface area (Å²) in [5.41, 5.74) is 0.899. The summed E-state index contributed by atoms with van der Waals surface area (Å²) in [5.74, 6) is -1.00. The van der Waals surface area contributed by atoms with Crippen LogP contribution in [0.25, 0.3) is 6.08 Å². The summed E-state index contributed by atoms with van der Waals surface area (Å²) in [6.45, 7) is 3.41. The fourth-order valence-corrected chi connectivity index (χ4v) is 1.33. The average molecular weight is 247 g/mol. The Morgan fingerprint density at radius 3 is 2.83 bits per heavy atom. The summed E-state index contributed by atoms with van der Waals surface area (Å²) < 4.78 is 0. The van der Waals surface area contributed by atoms with Crippen LogP contribution in [0.1, 0.15) is 18.4 Å². The SMILES string of the molecule is C=C(CCC=Cc1cccc([N+](=O)[O-])c1)C(=O)O. The molecule has 0 aliphatic heterocycles. The normalized spacial score (nSPS) is 10.4. The number of carboxylic acids is 1. The minimum absolute atomic E-state index is 0.0343. The van der Waals surface area contributed by atoms with E-state index in [0.717, 1.165) is 0 Å². The summed E-state index contributed by atoms with van der Waals surface area (Å²) in [5, 5.41) is 19.1. The molecule has 0 saturated heterocycles. The summed E-state index contributed by atoms with van der Waals surface area (Å²) >= 11 is 0. The second-order valence-corrected chi connectivity index (χ2v) is 3.70. The minimum Gasteiger partial charge on any atom is -0.478 e. The fraction of sp³-hybridized carbons (Fsp3) is 0.154. The molecule has 0 amide bonds. The Balaban J connectivity index is 2.57. The lowest BCUT2D eigenvalue weighted by Crippen LogP contribution is -1.97. The van der Waals surface area contributed by atoms with E-state index in [0.29, 0.717) is 18.4 Å². The van der Waals surface area contributed by atoms with Crippen LogP contribution in [0.2, 0.25) is 0 Å². The average Bonchev–Trinajstić information content (AvgIpc) is 2.34. The van der Waals surface area contributed by atoms with Crippen LogP contribution in [0.4, 0.5) is 5.69 Å². The lowest BCUT2D eigenvalue weighted by atomic mass is 10.1. The first-order chi connectivity index (χ1) is 8.50. The van der Waals surface area contributed by atoms with Gasteiger partial charge in [-0.25, -0.2) is 4.79 Å². The molecular formula is C13H13NO4. The molecule has 0 heterocycles. The Morgan fingerprint density at radius 2 is 2.22 bits per heavy atom. The number of hydrogen-bond acceptors (Lipinski definition) is 3. The highest BCUT2D eigenvalue weighted by atomic mass is 16.6. The molecule has 1 aromatic rings. The van der Waals surface area contributed by atoms with Gasteiger partial charge >= 0.3 is 5.97 Å². The van der Waals surface area contributed by atoms with E-state index in [4.69, 9.17) is 5.11 Å². The van der Waals surface area contributed by atoms with Crippen molar-refractivity contribution in [3.05, 3.63) is 58.2 Å². The Labute approximate surface area is 104 Å². The fourth-order valence-electron chi connectivity index (χ4n) is 1.33. The van der Waals surface area contributed by atoms with Crippen molar-refractivity contribution in [2.24, 2.45) is 0 Å². The molecule has 1 aromatic carbocycles. The molecule has 0 saturated carbocycles. The van der Waals surface area contributed by atoms with Gasteiger partial charge in [0.05, 0.1) is 4.92 Å². The van der Waals surface area contributed by atoms with E-state index in [1.54, 1.807) is 24.3 Å². The van der Waals surface area contributed by atoms with Crippen LogP contribution in [0.15, 0.2) is 42.5 Å². The molecule has 0 aliphatic carbocycles. The second-order valence-electron chi connectivity index (χ2n) is 3.70. The predicted octanol–water partition coefficient (Wildman–Crippen LogP) is 3.03. The van der Waals surface area contributed by atoms with E-state index >= 15 is 0 Å². The number of benzene rings is 1. The lowest BCUT2D eigenvalue weighted by molar-refractivity contribution is -0.384. The smallest absolute Gasteiger partial charge is 0.330 e. The quantitative estimate of drug-likeness (QED) is 0.476. The zero-order chi connectivity index (χ0) is 13.5. The highest BCUT2D eigenvalue weighted by molar-refractivity contribution is 5.85. The number of aliphatic carboxylic acids is 1. The molecule has 0 fully saturated rings. The molecule has 18 heavy (non-hydrogen) atoms. The van der Waals surface area contributed by atoms with Crippen molar-refractivity contribution >= 4 is 17.7 Å².